The Balaban J connectivity index is 2.32. The summed E-state index contributed by atoms with van der Waals surface area (Å²) in [5.74, 6) is 0.690. The predicted molar refractivity (Wildman–Crippen MR) is 58.6 cm³/mol. The van der Waals surface area contributed by atoms with E-state index in [0.717, 1.165) is 16.4 Å². The van der Waals surface area contributed by atoms with Gasteiger partial charge in [0.1, 0.15) is 10.7 Å². The first-order valence-electron chi connectivity index (χ1n) is 4.55. The van der Waals surface area contributed by atoms with E-state index < -0.39 is 0 Å². The first-order valence-corrected chi connectivity index (χ1v) is 5.32. The van der Waals surface area contributed by atoms with Crippen LogP contribution in [0.5, 0.6) is 0 Å². The number of methoxy groups -OCH3 is 1. The molecule has 2 aromatic heterocycles. The molecule has 2 aromatic rings. The Kier molecular flexibility index (Phi) is 3.03. The van der Waals surface area contributed by atoms with Gasteiger partial charge < -0.3 is 4.74 Å². The monoisotopic (exact) mass is 221 g/mol. The van der Waals surface area contributed by atoms with Crippen LogP contribution in [-0.4, -0.2) is 21.5 Å². The highest BCUT2D eigenvalue weighted by Gasteiger charge is 2.05. The molecule has 0 aliphatic heterocycles. The van der Waals surface area contributed by atoms with Crippen molar-refractivity contribution in [1.29, 1.82) is 0 Å². The summed E-state index contributed by atoms with van der Waals surface area (Å²) in [5.41, 5.74) is 1.69. The minimum absolute atomic E-state index is 0.511. The standard InChI is InChI=1S/C10H11N3OS/c1-7-11-10(13-15-7)9-5-3-4-8(12-9)6-14-2/h3-5H,6H2,1-2H3. The maximum atomic E-state index is 5.02. The van der Waals surface area contributed by atoms with Gasteiger partial charge in [0.05, 0.1) is 12.3 Å². The molecule has 0 aromatic carbocycles. The lowest BCUT2D eigenvalue weighted by Gasteiger charge is -2.00. The fourth-order valence-electron chi connectivity index (χ4n) is 1.24. The largest absolute Gasteiger partial charge is 0.378 e. The number of nitrogens with zero attached hydrogens (tertiary/aromatic N) is 3. The van der Waals surface area contributed by atoms with Gasteiger partial charge in [-0.15, -0.1) is 0 Å². The molecule has 0 atom stereocenters. The molecule has 0 radical (unpaired) electrons. The summed E-state index contributed by atoms with van der Waals surface area (Å²) in [6, 6.07) is 5.76. The lowest BCUT2D eigenvalue weighted by Crippen LogP contribution is -1.94. The number of pyridine rings is 1. The van der Waals surface area contributed by atoms with Gasteiger partial charge >= 0.3 is 0 Å². The Morgan fingerprint density at radius 2 is 2.20 bits per heavy atom. The van der Waals surface area contributed by atoms with Crippen molar-refractivity contribution in [2.75, 3.05) is 7.11 Å². The first-order chi connectivity index (χ1) is 7.29. The summed E-state index contributed by atoms with van der Waals surface area (Å²) in [7, 11) is 1.65. The van der Waals surface area contributed by atoms with Crippen molar-refractivity contribution in [3.05, 3.63) is 28.9 Å². The molecule has 2 rings (SSSR count). The molecule has 5 heteroatoms. The van der Waals surface area contributed by atoms with Gasteiger partial charge in [0.15, 0.2) is 5.82 Å². The zero-order chi connectivity index (χ0) is 10.7. The molecule has 4 nitrogen and oxygen atoms in total. The smallest absolute Gasteiger partial charge is 0.191 e. The average molecular weight is 221 g/mol. The Hall–Kier alpha value is -1.33. The van der Waals surface area contributed by atoms with Gasteiger partial charge in [-0.3, -0.25) is 0 Å². The summed E-state index contributed by atoms with van der Waals surface area (Å²) in [4.78, 5) is 8.69. The molecule has 0 bridgehead atoms. The minimum Gasteiger partial charge on any atom is -0.378 e. The second kappa shape index (κ2) is 4.46. The van der Waals surface area contributed by atoms with E-state index in [9.17, 15) is 0 Å². The van der Waals surface area contributed by atoms with E-state index in [-0.39, 0.29) is 0 Å². The summed E-state index contributed by atoms with van der Waals surface area (Å²) >= 11 is 1.39. The highest BCUT2D eigenvalue weighted by molar-refractivity contribution is 7.05. The van der Waals surface area contributed by atoms with Crippen LogP contribution in [0.15, 0.2) is 18.2 Å². The van der Waals surface area contributed by atoms with Crippen molar-refractivity contribution in [3.8, 4) is 11.5 Å². The van der Waals surface area contributed by atoms with Crippen LogP contribution < -0.4 is 0 Å². The summed E-state index contributed by atoms with van der Waals surface area (Å²) in [5, 5.41) is 0.948. The highest BCUT2D eigenvalue weighted by Crippen LogP contribution is 2.15. The second-order valence-corrected chi connectivity index (χ2v) is 4.04. The molecule has 78 valence electrons. The third kappa shape index (κ3) is 2.37. The SMILES string of the molecule is COCc1cccc(-c2nsc(C)n2)n1. The fraction of sp³-hybridized carbons (Fsp3) is 0.300. The zero-order valence-corrected chi connectivity index (χ0v) is 9.41. The number of aromatic nitrogens is 3. The van der Waals surface area contributed by atoms with Gasteiger partial charge in [-0.25, -0.2) is 9.97 Å². The van der Waals surface area contributed by atoms with Crippen LogP contribution >= 0.6 is 11.5 Å². The zero-order valence-electron chi connectivity index (χ0n) is 8.60. The Morgan fingerprint density at radius 3 is 2.87 bits per heavy atom. The van der Waals surface area contributed by atoms with Crippen LogP contribution in [0.4, 0.5) is 0 Å². The van der Waals surface area contributed by atoms with E-state index in [0.29, 0.717) is 12.4 Å². The molecule has 0 aliphatic rings. The number of hydrogen-bond acceptors (Lipinski definition) is 5. The number of ether oxygens (including phenoxy) is 1. The average Bonchev–Trinajstić information content (AvgIpc) is 2.66. The molecular weight excluding hydrogens is 210 g/mol. The van der Waals surface area contributed by atoms with E-state index in [1.54, 1.807) is 7.11 Å². The van der Waals surface area contributed by atoms with Gasteiger partial charge in [-0.2, -0.15) is 4.37 Å². The Labute approximate surface area is 92.1 Å². The van der Waals surface area contributed by atoms with Crippen molar-refractivity contribution < 1.29 is 4.74 Å². The third-order valence-corrected chi connectivity index (χ3v) is 2.48. The molecule has 0 fully saturated rings. The highest BCUT2D eigenvalue weighted by atomic mass is 32.1. The second-order valence-electron chi connectivity index (χ2n) is 3.08. The van der Waals surface area contributed by atoms with E-state index in [2.05, 4.69) is 14.3 Å². The topological polar surface area (TPSA) is 47.9 Å². The molecular formula is C10H11N3OS. The van der Waals surface area contributed by atoms with Gasteiger partial charge in [0, 0.05) is 7.11 Å². The summed E-state index contributed by atoms with van der Waals surface area (Å²) in [6.45, 7) is 2.44. The molecule has 0 saturated heterocycles. The quantitative estimate of drug-likeness (QED) is 0.796. The molecule has 0 spiro atoms. The molecule has 15 heavy (non-hydrogen) atoms. The normalized spacial score (nSPS) is 10.5. The van der Waals surface area contributed by atoms with Crippen LogP contribution in [0, 0.1) is 6.92 Å². The van der Waals surface area contributed by atoms with Crippen LogP contribution in [0.25, 0.3) is 11.5 Å². The summed E-state index contributed by atoms with van der Waals surface area (Å²) < 4.78 is 9.24. The lowest BCUT2D eigenvalue weighted by molar-refractivity contribution is 0.181. The van der Waals surface area contributed by atoms with Crippen molar-refractivity contribution in [3.63, 3.8) is 0 Å². The number of hydrogen-bond donors (Lipinski definition) is 0. The third-order valence-electron chi connectivity index (χ3n) is 1.86. The van der Waals surface area contributed by atoms with Crippen molar-refractivity contribution >= 4 is 11.5 Å². The van der Waals surface area contributed by atoms with Gasteiger partial charge in [-0.1, -0.05) is 6.07 Å². The first kappa shape index (κ1) is 10.2. The van der Waals surface area contributed by atoms with Crippen LogP contribution in [0.1, 0.15) is 10.7 Å². The van der Waals surface area contributed by atoms with Crippen LogP contribution in [0.3, 0.4) is 0 Å². The lowest BCUT2D eigenvalue weighted by atomic mass is 10.3. The predicted octanol–water partition coefficient (Wildman–Crippen LogP) is 2.05. The number of aryl methyl sites for hydroxylation is 1. The van der Waals surface area contributed by atoms with E-state index in [4.69, 9.17) is 4.74 Å². The molecule has 0 N–H and O–H groups in total. The number of rotatable bonds is 3. The Morgan fingerprint density at radius 1 is 1.33 bits per heavy atom. The van der Waals surface area contributed by atoms with E-state index in [1.807, 2.05) is 25.1 Å². The van der Waals surface area contributed by atoms with E-state index in [1.165, 1.54) is 11.5 Å². The van der Waals surface area contributed by atoms with Crippen molar-refractivity contribution in [1.82, 2.24) is 14.3 Å². The van der Waals surface area contributed by atoms with Crippen molar-refractivity contribution in [2.45, 2.75) is 13.5 Å². The molecule has 0 aliphatic carbocycles. The maximum absolute atomic E-state index is 5.02. The fourth-order valence-corrected chi connectivity index (χ4v) is 1.72. The van der Waals surface area contributed by atoms with E-state index >= 15 is 0 Å². The maximum Gasteiger partial charge on any atom is 0.191 e. The van der Waals surface area contributed by atoms with Gasteiger partial charge in [-0.05, 0) is 30.6 Å². The summed E-state index contributed by atoms with van der Waals surface area (Å²) in [6.07, 6.45) is 0. The van der Waals surface area contributed by atoms with Crippen molar-refractivity contribution in [2.24, 2.45) is 0 Å². The Bertz CT molecular complexity index is 455. The van der Waals surface area contributed by atoms with Gasteiger partial charge in [0.25, 0.3) is 0 Å². The van der Waals surface area contributed by atoms with Crippen LogP contribution in [0.2, 0.25) is 0 Å². The van der Waals surface area contributed by atoms with Crippen LogP contribution in [-0.2, 0) is 11.3 Å². The molecule has 0 amide bonds. The molecule has 0 unspecified atom stereocenters. The minimum atomic E-state index is 0.511. The van der Waals surface area contributed by atoms with Gasteiger partial charge in [0.2, 0.25) is 0 Å². The molecule has 0 saturated carbocycles. The molecule has 2 heterocycles.